The first kappa shape index (κ1) is 9.24. The summed E-state index contributed by atoms with van der Waals surface area (Å²) in [6.45, 7) is 1.68. The van der Waals surface area contributed by atoms with Crippen LogP contribution < -0.4 is 4.74 Å². The summed E-state index contributed by atoms with van der Waals surface area (Å²) >= 11 is 0.706. The standard InChI is InChI=1S/C5H5F3N2OS/c1-2-3-4(10-12-9-3)11-5(6,7)8/h2H2,1H3. The highest BCUT2D eigenvalue weighted by Crippen LogP contribution is 2.24. The molecule has 1 aromatic heterocycles. The lowest BCUT2D eigenvalue weighted by molar-refractivity contribution is -0.276. The van der Waals surface area contributed by atoms with Crippen LogP contribution in [0.15, 0.2) is 0 Å². The van der Waals surface area contributed by atoms with Gasteiger partial charge in [0.1, 0.15) is 5.69 Å². The zero-order valence-electron chi connectivity index (χ0n) is 6.05. The lowest BCUT2D eigenvalue weighted by Crippen LogP contribution is -2.18. The first-order chi connectivity index (χ1) is 5.53. The quantitative estimate of drug-likeness (QED) is 0.729. The van der Waals surface area contributed by atoms with E-state index < -0.39 is 12.2 Å². The molecule has 0 N–H and O–H groups in total. The van der Waals surface area contributed by atoms with Gasteiger partial charge in [0.05, 0.1) is 11.7 Å². The van der Waals surface area contributed by atoms with Crippen molar-refractivity contribution in [2.75, 3.05) is 0 Å². The minimum atomic E-state index is -4.68. The van der Waals surface area contributed by atoms with Crippen LogP contribution in [0.4, 0.5) is 13.2 Å². The number of hydrogen-bond acceptors (Lipinski definition) is 4. The van der Waals surface area contributed by atoms with E-state index in [1.165, 1.54) is 0 Å². The maximum absolute atomic E-state index is 11.6. The average Bonchev–Trinajstić information content (AvgIpc) is 2.31. The van der Waals surface area contributed by atoms with Crippen molar-refractivity contribution in [3.63, 3.8) is 0 Å². The highest BCUT2D eigenvalue weighted by molar-refractivity contribution is 6.99. The molecule has 0 fully saturated rings. The summed E-state index contributed by atoms with van der Waals surface area (Å²) in [4.78, 5) is 0. The Labute approximate surface area is 70.5 Å². The summed E-state index contributed by atoms with van der Waals surface area (Å²) in [7, 11) is 0. The zero-order valence-corrected chi connectivity index (χ0v) is 6.87. The second-order valence-corrected chi connectivity index (χ2v) is 2.45. The van der Waals surface area contributed by atoms with Crippen molar-refractivity contribution in [1.82, 2.24) is 8.75 Å². The van der Waals surface area contributed by atoms with E-state index in [0.29, 0.717) is 18.1 Å². The maximum atomic E-state index is 11.6. The SMILES string of the molecule is CCc1nsnc1OC(F)(F)F. The maximum Gasteiger partial charge on any atom is 0.574 e. The summed E-state index contributed by atoms with van der Waals surface area (Å²) in [5.41, 5.74) is 0.234. The Bertz CT molecular complexity index is 259. The Morgan fingerprint density at radius 3 is 2.58 bits per heavy atom. The van der Waals surface area contributed by atoms with Gasteiger partial charge in [-0.3, -0.25) is 0 Å². The van der Waals surface area contributed by atoms with Crippen molar-refractivity contribution < 1.29 is 17.9 Å². The van der Waals surface area contributed by atoms with Gasteiger partial charge in [-0.2, -0.15) is 4.37 Å². The van der Waals surface area contributed by atoms with Crippen molar-refractivity contribution in [3.8, 4) is 5.88 Å². The molecule has 0 spiro atoms. The average molecular weight is 198 g/mol. The van der Waals surface area contributed by atoms with Gasteiger partial charge in [-0.25, -0.2) is 0 Å². The van der Waals surface area contributed by atoms with Crippen molar-refractivity contribution in [2.24, 2.45) is 0 Å². The Kier molecular flexibility index (Phi) is 2.51. The third kappa shape index (κ3) is 2.33. The van der Waals surface area contributed by atoms with Gasteiger partial charge >= 0.3 is 6.36 Å². The number of halogens is 3. The van der Waals surface area contributed by atoms with Crippen molar-refractivity contribution in [2.45, 2.75) is 19.7 Å². The molecule has 0 bridgehead atoms. The van der Waals surface area contributed by atoms with Crippen LogP contribution in [-0.4, -0.2) is 15.1 Å². The molecule has 1 aromatic rings. The van der Waals surface area contributed by atoms with E-state index >= 15 is 0 Å². The molecule has 1 heterocycles. The van der Waals surface area contributed by atoms with E-state index in [9.17, 15) is 13.2 Å². The van der Waals surface area contributed by atoms with Gasteiger partial charge in [0, 0.05) is 0 Å². The molecule has 0 saturated heterocycles. The second-order valence-electron chi connectivity index (χ2n) is 1.92. The third-order valence-corrected chi connectivity index (χ3v) is 1.62. The minimum absolute atomic E-state index is 0.234. The van der Waals surface area contributed by atoms with Crippen LogP contribution in [-0.2, 0) is 6.42 Å². The Balaban J connectivity index is 2.75. The Hall–Kier alpha value is -0.850. The molecule has 0 unspecified atom stereocenters. The zero-order chi connectivity index (χ0) is 9.19. The Morgan fingerprint density at radius 1 is 1.42 bits per heavy atom. The van der Waals surface area contributed by atoms with Gasteiger partial charge in [0.15, 0.2) is 0 Å². The molecule has 0 aliphatic carbocycles. The lowest BCUT2D eigenvalue weighted by atomic mass is 10.4. The molecule has 0 radical (unpaired) electrons. The van der Waals surface area contributed by atoms with E-state index in [4.69, 9.17) is 0 Å². The lowest BCUT2D eigenvalue weighted by Gasteiger charge is -2.05. The molecule has 12 heavy (non-hydrogen) atoms. The van der Waals surface area contributed by atoms with E-state index in [2.05, 4.69) is 13.5 Å². The van der Waals surface area contributed by atoms with Crippen molar-refractivity contribution in [3.05, 3.63) is 5.69 Å². The number of ether oxygens (including phenoxy) is 1. The normalized spacial score (nSPS) is 11.7. The summed E-state index contributed by atoms with van der Waals surface area (Å²) in [5.74, 6) is -0.435. The largest absolute Gasteiger partial charge is 0.574 e. The van der Waals surface area contributed by atoms with Gasteiger partial charge in [-0.05, 0) is 6.42 Å². The van der Waals surface area contributed by atoms with Crippen LogP contribution >= 0.6 is 11.7 Å². The molecule has 0 aromatic carbocycles. The molecule has 7 heteroatoms. The smallest absolute Gasteiger partial charge is 0.385 e. The van der Waals surface area contributed by atoms with E-state index in [-0.39, 0.29) is 5.69 Å². The molecule has 1 rings (SSSR count). The molecule has 3 nitrogen and oxygen atoms in total. The van der Waals surface area contributed by atoms with Gasteiger partial charge in [0.25, 0.3) is 5.88 Å². The number of nitrogens with zero attached hydrogens (tertiary/aromatic N) is 2. The highest BCUT2D eigenvalue weighted by atomic mass is 32.1. The van der Waals surface area contributed by atoms with Crippen molar-refractivity contribution in [1.29, 1.82) is 0 Å². The van der Waals surface area contributed by atoms with Crippen LogP contribution in [0, 0.1) is 0 Å². The number of aryl methyl sites for hydroxylation is 1. The monoisotopic (exact) mass is 198 g/mol. The van der Waals surface area contributed by atoms with Gasteiger partial charge in [-0.15, -0.1) is 17.5 Å². The topological polar surface area (TPSA) is 35.0 Å². The predicted octanol–water partition coefficient (Wildman–Crippen LogP) is 2.00. The van der Waals surface area contributed by atoms with Crippen LogP contribution in [0.5, 0.6) is 5.88 Å². The fourth-order valence-electron chi connectivity index (χ4n) is 0.601. The number of alkyl halides is 3. The molecule has 0 aliphatic heterocycles. The molecular formula is C5H5F3N2OS. The predicted molar refractivity (Wildman–Crippen MR) is 36.0 cm³/mol. The molecule has 0 aliphatic rings. The summed E-state index contributed by atoms with van der Waals surface area (Å²) in [6, 6.07) is 0. The number of rotatable bonds is 2. The second kappa shape index (κ2) is 3.26. The van der Waals surface area contributed by atoms with Crippen molar-refractivity contribution >= 4 is 11.7 Å². The minimum Gasteiger partial charge on any atom is -0.385 e. The van der Waals surface area contributed by atoms with Crippen LogP contribution in [0.2, 0.25) is 0 Å². The van der Waals surface area contributed by atoms with Crippen LogP contribution in [0.3, 0.4) is 0 Å². The molecular weight excluding hydrogens is 193 g/mol. The first-order valence-corrected chi connectivity index (χ1v) is 3.83. The third-order valence-electron chi connectivity index (χ3n) is 1.07. The molecule has 0 saturated carbocycles. The molecule has 0 atom stereocenters. The van der Waals surface area contributed by atoms with Gasteiger partial charge in [0.2, 0.25) is 0 Å². The molecule has 0 amide bonds. The van der Waals surface area contributed by atoms with E-state index in [0.717, 1.165) is 0 Å². The first-order valence-electron chi connectivity index (χ1n) is 3.10. The van der Waals surface area contributed by atoms with Crippen LogP contribution in [0.25, 0.3) is 0 Å². The number of aromatic nitrogens is 2. The fraction of sp³-hybridized carbons (Fsp3) is 0.600. The highest BCUT2D eigenvalue weighted by Gasteiger charge is 2.33. The van der Waals surface area contributed by atoms with E-state index in [1.54, 1.807) is 6.92 Å². The number of hydrogen-bond donors (Lipinski definition) is 0. The van der Waals surface area contributed by atoms with Crippen LogP contribution in [0.1, 0.15) is 12.6 Å². The van der Waals surface area contributed by atoms with E-state index in [1.807, 2.05) is 0 Å². The van der Waals surface area contributed by atoms with Gasteiger partial charge in [-0.1, -0.05) is 6.92 Å². The Morgan fingerprint density at radius 2 is 2.08 bits per heavy atom. The van der Waals surface area contributed by atoms with Gasteiger partial charge < -0.3 is 4.74 Å². The summed E-state index contributed by atoms with van der Waals surface area (Å²) < 4.78 is 45.5. The fourth-order valence-corrected chi connectivity index (χ4v) is 1.16. The summed E-state index contributed by atoms with van der Waals surface area (Å²) in [6.07, 6.45) is -4.30. The summed E-state index contributed by atoms with van der Waals surface area (Å²) in [5, 5.41) is 0. The molecule has 68 valence electrons.